The molecule has 1 saturated heterocycles. The molecule has 2 aliphatic rings. The monoisotopic (exact) mass is 553 g/mol. The zero-order valence-electron chi connectivity index (χ0n) is 20.7. The number of piperazine rings is 1. The first kappa shape index (κ1) is 27.2. The average molecular weight is 554 g/mol. The van der Waals surface area contributed by atoms with Crippen LogP contribution in [0.1, 0.15) is 42.1 Å². The van der Waals surface area contributed by atoms with E-state index < -0.39 is 38.0 Å². The molecule has 2 amide bonds. The number of hydrogen-bond donors (Lipinski definition) is 2. The number of nitrogens with zero attached hydrogens (tertiary/aromatic N) is 3. The second kappa shape index (κ2) is 10.9. The van der Waals surface area contributed by atoms with Crippen LogP contribution in [-0.2, 0) is 46.9 Å². The molecule has 1 aromatic carbocycles. The Hall–Kier alpha value is -2.81. The second-order valence-corrected chi connectivity index (χ2v) is 12.8. The zero-order chi connectivity index (χ0) is 26.8. The van der Waals surface area contributed by atoms with Gasteiger partial charge in [-0.3, -0.25) is 18.5 Å². The summed E-state index contributed by atoms with van der Waals surface area (Å²) in [5, 5.41) is 9.92. The maximum atomic E-state index is 13.3. The van der Waals surface area contributed by atoms with Crippen LogP contribution in [0.4, 0.5) is 0 Å². The summed E-state index contributed by atoms with van der Waals surface area (Å²) in [5.74, 6) is -0.961. The zero-order valence-corrected chi connectivity index (χ0v) is 22.3. The molecule has 1 aliphatic heterocycles. The van der Waals surface area contributed by atoms with Gasteiger partial charge in [-0.15, -0.1) is 0 Å². The first-order chi connectivity index (χ1) is 17.5. The highest BCUT2D eigenvalue weighted by atomic mass is 32.2. The molecule has 2 atom stereocenters. The van der Waals surface area contributed by atoms with Crippen LogP contribution >= 0.6 is 0 Å². The fourth-order valence-corrected chi connectivity index (χ4v) is 6.65. The number of amides is 2. The Morgan fingerprint density at radius 2 is 1.95 bits per heavy atom. The minimum absolute atomic E-state index is 0.0495. The lowest BCUT2D eigenvalue weighted by molar-refractivity contribution is -0.132. The van der Waals surface area contributed by atoms with Gasteiger partial charge in [-0.25, -0.2) is 8.42 Å². The minimum Gasteiger partial charge on any atom is -0.353 e. The van der Waals surface area contributed by atoms with Crippen molar-refractivity contribution in [3.8, 4) is 0 Å². The van der Waals surface area contributed by atoms with Crippen molar-refractivity contribution in [1.82, 2.24) is 24.7 Å². The average Bonchev–Trinajstić information content (AvgIpc) is 3.24. The number of sulfonamides is 1. The predicted molar refractivity (Wildman–Crippen MR) is 133 cm³/mol. The first-order valence-electron chi connectivity index (χ1n) is 12.0. The standard InChI is InChI=1S/C23H31N5O7S2/c1-16-6-8-17(9-7-16)37(33,34)28-11-10-24-23(30)21(28)14-22(29)26-19-4-3-5-20-18(19)15-25-27(20)12-13-35-36(2,31)32/h6-9,15,19,21H,3-5,10-14H2,1-2H3,(H,24,30)(H,26,29). The maximum absolute atomic E-state index is 13.3. The van der Waals surface area contributed by atoms with Crippen LogP contribution in [0.5, 0.6) is 0 Å². The molecule has 37 heavy (non-hydrogen) atoms. The van der Waals surface area contributed by atoms with E-state index in [1.807, 2.05) is 6.92 Å². The molecule has 2 unspecified atom stereocenters. The van der Waals surface area contributed by atoms with E-state index in [9.17, 15) is 26.4 Å². The number of aryl methyl sites for hydroxylation is 1. The van der Waals surface area contributed by atoms with Gasteiger partial charge < -0.3 is 10.6 Å². The summed E-state index contributed by atoms with van der Waals surface area (Å²) in [6.07, 6.45) is 4.45. The van der Waals surface area contributed by atoms with Crippen molar-refractivity contribution < 1.29 is 30.6 Å². The molecular weight excluding hydrogens is 522 g/mol. The van der Waals surface area contributed by atoms with Crippen molar-refractivity contribution in [3.63, 3.8) is 0 Å². The summed E-state index contributed by atoms with van der Waals surface area (Å²) in [4.78, 5) is 25.8. The minimum atomic E-state index is -3.98. The summed E-state index contributed by atoms with van der Waals surface area (Å²) in [6.45, 7) is 2.27. The van der Waals surface area contributed by atoms with Gasteiger partial charge >= 0.3 is 0 Å². The number of rotatable bonds is 9. The summed E-state index contributed by atoms with van der Waals surface area (Å²) in [7, 11) is -7.54. The van der Waals surface area contributed by atoms with E-state index in [0.717, 1.165) is 33.8 Å². The lowest BCUT2D eigenvalue weighted by Crippen LogP contribution is -2.58. The van der Waals surface area contributed by atoms with E-state index in [-0.39, 0.29) is 43.6 Å². The van der Waals surface area contributed by atoms with E-state index in [2.05, 4.69) is 15.7 Å². The van der Waals surface area contributed by atoms with Gasteiger partial charge in [0.15, 0.2) is 0 Å². The topological polar surface area (TPSA) is 157 Å². The van der Waals surface area contributed by atoms with Gasteiger partial charge in [-0.2, -0.15) is 17.8 Å². The van der Waals surface area contributed by atoms with Crippen molar-refractivity contribution in [3.05, 3.63) is 47.3 Å². The molecule has 1 aliphatic carbocycles. The predicted octanol–water partition coefficient (Wildman–Crippen LogP) is 0.241. The number of nitrogens with one attached hydrogen (secondary N) is 2. The smallest absolute Gasteiger partial charge is 0.264 e. The summed E-state index contributed by atoms with van der Waals surface area (Å²) >= 11 is 0. The second-order valence-electron chi connectivity index (χ2n) is 9.25. The Kier molecular flexibility index (Phi) is 8.02. The van der Waals surface area contributed by atoms with Crippen LogP contribution in [0.2, 0.25) is 0 Å². The maximum Gasteiger partial charge on any atom is 0.264 e. The number of benzene rings is 1. The molecular formula is C23H31N5O7S2. The number of hydrogen-bond acceptors (Lipinski definition) is 8. The molecule has 0 spiro atoms. The Labute approximate surface area is 216 Å². The summed E-state index contributed by atoms with van der Waals surface area (Å²) in [6, 6.07) is 4.85. The lowest BCUT2D eigenvalue weighted by atomic mass is 9.92. The summed E-state index contributed by atoms with van der Waals surface area (Å²) < 4.78 is 56.6. The van der Waals surface area contributed by atoms with E-state index in [0.29, 0.717) is 12.8 Å². The van der Waals surface area contributed by atoms with Crippen LogP contribution in [0.25, 0.3) is 0 Å². The molecule has 0 radical (unpaired) electrons. The third kappa shape index (κ3) is 6.37. The lowest BCUT2D eigenvalue weighted by Gasteiger charge is -2.34. The van der Waals surface area contributed by atoms with Crippen molar-refractivity contribution in [2.24, 2.45) is 0 Å². The van der Waals surface area contributed by atoms with Crippen molar-refractivity contribution in [2.45, 2.75) is 56.1 Å². The van der Waals surface area contributed by atoms with Gasteiger partial charge in [0.2, 0.25) is 21.8 Å². The van der Waals surface area contributed by atoms with E-state index >= 15 is 0 Å². The largest absolute Gasteiger partial charge is 0.353 e. The van der Waals surface area contributed by atoms with E-state index in [1.54, 1.807) is 23.0 Å². The Bertz CT molecular complexity index is 1370. The van der Waals surface area contributed by atoms with Crippen molar-refractivity contribution >= 4 is 32.0 Å². The van der Waals surface area contributed by atoms with Gasteiger partial charge in [0.05, 0.1) is 43.0 Å². The van der Waals surface area contributed by atoms with Gasteiger partial charge in [-0.1, -0.05) is 17.7 Å². The van der Waals surface area contributed by atoms with Crippen molar-refractivity contribution in [1.29, 1.82) is 0 Å². The third-order valence-electron chi connectivity index (χ3n) is 6.49. The number of fused-ring (bicyclic) bond motifs is 1. The number of aromatic nitrogens is 2. The van der Waals surface area contributed by atoms with Gasteiger partial charge in [-0.05, 0) is 38.3 Å². The van der Waals surface area contributed by atoms with E-state index in [4.69, 9.17) is 4.18 Å². The molecule has 0 saturated carbocycles. The molecule has 2 aromatic rings. The van der Waals surface area contributed by atoms with Gasteiger partial charge in [0, 0.05) is 24.3 Å². The molecule has 1 aromatic heterocycles. The van der Waals surface area contributed by atoms with Crippen LogP contribution < -0.4 is 10.6 Å². The van der Waals surface area contributed by atoms with Crippen LogP contribution in [0.3, 0.4) is 0 Å². The van der Waals surface area contributed by atoms with Crippen LogP contribution in [0.15, 0.2) is 35.4 Å². The van der Waals surface area contributed by atoms with Gasteiger partial charge in [0.25, 0.3) is 10.1 Å². The normalized spacial score (nSPS) is 20.8. The molecule has 12 nitrogen and oxygen atoms in total. The molecule has 4 rings (SSSR count). The van der Waals surface area contributed by atoms with Crippen LogP contribution in [-0.4, -0.2) is 74.7 Å². The highest BCUT2D eigenvalue weighted by molar-refractivity contribution is 7.89. The number of carbonyl (C=O) groups excluding carboxylic acids is 2. The fraction of sp³-hybridized carbons (Fsp3) is 0.522. The summed E-state index contributed by atoms with van der Waals surface area (Å²) in [5.41, 5.74) is 2.60. The van der Waals surface area contributed by atoms with Crippen LogP contribution in [0, 0.1) is 6.92 Å². The number of carbonyl (C=O) groups is 2. The molecule has 2 heterocycles. The molecule has 2 N–H and O–H groups in total. The molecule has 1 fully saturated rings. The molecule has 14 heteroatoms. The Morgan fingerprint density at radius 3 is 2.65 bits per heavy atom. The Balaban J connectivity index is 1.46. The highest BCUT2D eigenvalue weighted by Gasteiger charge is 2.40. The molecule has 0 bridgehead atoms. The third-order valence-corrected chi connectivity index (χ3v) is 9.00. The first-order valence-corrected chi connectivity index (χ1v) is 15.3. The highest BCUT2D eigenvalue weighted by Crippen LogP contribution is 2.30. The van der Waals surface area contributed by atoms with Crippen molar-refractivity contribution in [2.75, 3.05) is 26.0 Å². The SMILES string of the molecule is Cc1ccc(S(=O)(=O)N2CCNC(=O)C2CC(=O)NC2CCCc3c2cnn3CCOS(C)(=O)=O)cc1. The molecule has 202 valence electrons. The van der Waals surface area contributed by atoms with Gasteiger partial charge in [0.1, 0.15) is 6.04 Å². The Morgan fingerprint density at radius 1 is 1.22 bits per heavy atom. The fourth-order valence-electron chi connectivity index (χ4n) is 4.69. The quantitative estimate of drug-likeness (QED) is 0.418. The van der Waals surface area contributed by atoms with E-state index in [1.165, 1.54) is 12.1 Å².